The molecule has 0 aliphatic rings. The van der Waals surface area contributed by atoms with Crippen LogP contribution in [0.1, 0.15) is 23.7 Å². The van der Waals surface area contributed by atoms with Crippen LogP contribution in [0.15, 0.2) is 23.1 Å². The van der Waals surface area contributed by atoms with Gasteiger partial charge in [-0.25, -0.2) is 13.2 Å². The second kappa shape index (κ2) is 6.06. The minimum absolute atomic E-state index is 0.0349. The average molecular weight is 293 g/mol. The first-order chi connectivity index (χ1) is 8.40. The normalized spacial score (nSPS) is 11.1. The van der Waals surface area contributed by atoms with Crippen molar-refractivity contribution in [3.8, 4) is 5.75 Å². The average Bonchev–Trinajstić information content (AvgIpc) is 2.34. The minimum atomic E-state index is -3.90. The number of halogens is 1. The van der Waals surface area contributed by atoms with Crippen LogP contribution < -0.4 is 4.74 Å². The molecule has 5 nitrogen and oxygen atoms in total. The van der Waals surface area contributed by atoms with Crippen molar-refractivity contribution in [2.24, 2.45) is 0 Å². The van der Waals surface area contributed by atoms with E-state index in [0.717, 1.165) is 12.5 Å². The molecule has 0 atom stereocenters. The molecule has 100 valence electrons. The SMILES string of the molecule is CCCOc1ccc(S(=O)(=O)Cl)cc1C(=O)OC. The molecule has 0 aliphatic carbocycles. The van der Waals surface area contributed by atoms with Crippen LogP contribution in [0.25, 0.3) is 0 Å². The Morgan fingerprint density at radius 2 is 2.06 bits per heavy atom. The summed E-state index contributed by atoms with van der Waals surface area (Å²) in [6, 6.07) is 3.80. The summed E-state index contributed by atoms with van der Waals surface area (Å²) < 4.78 is 32.3. The maximum atomic E-state index is 11.5. The lowest BCUT2D eigenvalue weighted by molar-refractivity contribution is 0.0595. The van der Waals surface area contributed by atoms with Gasteiger partial charge in [-0.3, -0.25) is 0 Å². The number of ether oxygens (including phenoxy) is 2. The lowest BCUT2D eigenvalue weighted by Gasteiger charge is -2.10. The standard InChI is InChI=1S/C11H13ClO5S/c1-3-6-17-10-5-4-8(18(12,14)15)7-9(10)11(13)16-2/h4-5,7H,3,6H2,1-2H3. The fourth-order valence-electron chi connectivity index (χ4n) is 1.27. The topological polar surface area (TPSA) is 69.7 Å². The van der Waals surface area contributed by atoms with E-state index in [0.29, 0.717) is 6.61 Å². The minimum Gasteiger partial charge on any atom is -0.493 e. The molecule has 1 aromatic rings. The smallest absolute Gasteiger partial charge is 0.341 e. The van der Waals surface area contributed by atoms with Gasteiger partial charge in [0.25, 0.3) is 9.05 Å². The second-order valence-corrected chi connectivity index (χ2v) is 6.00. The Morgan fingerprint density at radius 3 is 2.56 bits per heavy atom. The van der Waals surface area contributed by atoms with E-state index in [-0.39, 0.29) is 16.2 Å². The summed E-state index contributed by atoms with van der Waals surface area (Å²) in [6.45, 7) is 2.33. The number of benzene rings is 1. The summed E-state index contributed by atoms with van der Waals surface area (Å²) in [7, 11) is 2.52. The van der Waals surface area contributed by atoms with E-state index in [2.05, 4.69) is 4.74 Å². The Hall–Kier alpha value is -1.27. The van der Waals surface area contributed by atoms with Crippen molar-refractivity contribution in [2.45, 2.75) is 18.2 Å². The van der Waals surface area contributed by atoms with Crippen LogP contribution in [0.4, 0.5) is 0 Å². The highest BCUT2D eigenvalue weighted by Crippen LogP contribution is 2.25. The summed E-state index contributed by atoms with van der Waals surface area (Å²) in [5.41, 5.74) is 0.0349. The molecule has 18 heavy (non-hydrogen) atoms. The zero-order chi connectivity index (χ0) is 13.8. The molecule has 0 amide bonds. The summed E-state index contributed by atoms with van der Waals surface area (Å²) in [5, 5.41) is 0. The van der Waals surface area contributed by atoms with Gasteiger partial charge in [-0.15, -0.1) is 0 Å². The number of carbonyl (C=O) groups excluding carboxylic acids is 1. The quantitative estimate of drug-likeness (QED) is 0.614. The Balaban J connectivity index is 3.25. The maximum absolute atomic E-state index is 11.5. The molecular formula is C11H13ClO5S. The molecule has 0 unspecified atom stereocenters. The van der Waals surface area contributed by atoms with Crippen LogP contribution in [-0.2, 0) is 13.8 Å². The first kappa shape index (κ1) is 14.8. The molecule has 1 aromatic carbocycles. The van der Waals surface area contributed by atoms with Crippen LogP contribution in [-0.4, -0.2) is 28.1 Å². The monoisotopic (exact) mass is 292 g/mol. The van der Waals surface area contributed by atoms with Gasteiger partial charge < -0.3 is 9.47 Å². The third-order valence-corrected chi connectivity index (χ3v) is 3.45. The Labute approximate surface area is 110 Å². The first-order valence-electron chi connectivity index (χ1n) is 5.20. The van der Waals surface area contributed by atoms with Crippen molar-refractivity contribution >= 4 is 25.7 Å². The van der Waals surface area contributed by atoms with E-state index in [4.69, 9.17) is 15.4 Å². The van der Waals surface area contributed by atoms with E-state index >= 15 is 0 Å². The first-order valence-corrected chi connectivity index (χ1v) is 7.51. The van der Waals surface area contributed by atoms with Crippen LogP contribution in [0.2, 0.25) is 0 Å². The van der Waals surface area contributed by atoms with Crippen molar-refractivity contribution in [1.29, 1.82) is 0 Å². The van der Waals surface area contributed by atoms with Crippen molar-refractivity contribution in [3.63, 3.8) is 0 Å². The highest BCUT2D eigenvalue weighted by molar-refractivity contribution is 8.13. The molecule has 0 fully saturated rings. The Bertz CT molecular complexity index is 538. The molecule has 0 spiro atoms. The number of hydrogen-bond acceptors (Lipinski definition) is 5. The summed E-state index contributed by atoms with van der Waals surface area (Å²) >= 11 is 0. The van der Waals surface area contributed by atoms with Gasteiger partial charge in [0.15, 0.2) is 0 Å². The van der Waals surface area contributed by atoms with Gasteiger partial charge in [0.1, 0.15) is 11.3 Å². The Kier molecular flexibility index (Phi) is 4.98. The summed E-state index contributed by atoms with van der Waals surface area (Å²) in [5.74, 6) is -0.406. The highest BCUT2D eigenvalue weighted by atomic mass is 35.7. The molecule has 0 bridgehead atoms. The zero-order valence-corrected chi connectivity index (χ0v) is 11.5. The van der Waals surface area contributed by atoms with Crippen molar-refractivity contribution in [1.82, 2.24) is 0 Å². The van der Waals surface area contributed by atoms with E-state index in [1.807, 2.05) is 6.92 Å². The molecule has 0 aromatic heterocycles. The number of carbonyl (C=O) groups is 1. The third kappa shape index (κ3) is 3.61. The lowest BCUT2D eigenvalue weighted by atomic mass is 10.2. The zero-order valence-electron chi connectivity index (χ0n) is 9.97. The van der Waals surface area contributed by atoms with Gasteiger partial charge in [0, 0.05) is 10.7 Å². The van der Waals surface area contributed by atoms with Gasteiger partial charge >= 0.3 is 5.97 Å². The van der Waals surface area contributed by atoms with Gasteiger partial charge in [0.05, 0.1) is 18.6 Å². The van der Waals surface area contributed by atoms with E-state index < -0.39 is 15.0 Å². The number of esters is 1. The van der Waals surface area contributed by atoms with Gasteiger partial charge in [-0.05, 0) is 24.6 Å². The molecule has 0 saturated heterocycles. The van der Waals surface area contributed by atoms with Gasteiger partial charge in [-0.2, -0.15) is 0 Å². The third-order valence-electron chi connectivity index (χ3n) is 2.10. The molecule has 1 rings (SSSR count). The molecule has 0 aliphatic heterocycles. The van der Waals surface area contributed by atoms with E-state index in [1.165, 1.54) is 19.2 Å². The number of hydrogen-bond donors (Lipinski definition) is 0. The van der Waals surface area contributed by atoms with Gasteiger partial charge in [-0.1, -0.05) is 6.92 Å². The summed E-state index contributed by atoms with van der Waals surface area (Å²) in [6.07, 6.45) is 0.760. The molecule has 0 radical (unpaired) electrons. The fourth-order valence-corrected chi connectivity index (χ4v) is 2.05. The van der Waals surface area contributed by atoms with Crippen LogP contribution in [0.3, 0.4) is 0 Å². The fraction of sp³-hybridized carbons (Fsp3) is 0.364. The number of rotatable bonds is 5. The van der Waals surface area contributed by atoms with E-state index in [9.17, 15) is 13.2 Å². The second-order valence-electron chi connectivity index (χ2n) is 3.44. The maximum Gasteiger partial charge on any atom is 0.341 e. The predicted octanol–water partition coefficient (Wildman–Crippen LogP) is 2.19. The largest absolute Gasteiger partial charge is 0.493 e. The van der Waals surface area contributed by atoms with Crippen LogP contribution >= 0.6 is 10.7 Å². The Morgan fingerprint density at radius 1 is 1.39 bits per heavy atom. The van der Waals surface area contributed by atoms with Crippen molar-refractivity contribution in [3.05, 3.63) is 23.8 Å². The van der Waals surface area contributed by atoms with Gasteiger partial charge in [0.2, 0.25) is 0 Å². The predicted molar refractivity (Wildman–Crippen MR) is 66.6 cm³/mol. The van der Waals surface area contributed by atoms with Crippen molar-refractivity contribution < 1.29 is 22.7 Å². The molecule has 0 heterocycles. The lowest BCUT2D eigenvalue weighted by Crippen LogP contribution is -2.07. The van der Waals surface area contributed by atoms with Crippen molar-refractivity contribution in [2.75, 3.05) is 13.7 Å². The molecular weight excluding hydrogens is 280 g/mol. The molecule has 0 N–H and O–H groups in total. The summed E-state index contributed by atoms with van der Waals surface area (Å²) in [4.78, 5) is 11.4. The van der Waals surface area contributed by atoms with Crippen LogP contribution in [0, 0.1) is 0 Å². The molecule has 7 heteroatoms. The van der Waals surface area contributed by atoms with Crippen LogP contribution in [0.5, 0.6) is 5.75 Å². The number of methoxy groups -OCH3 is 1. The van der Waals surface area contributed by atoms with E-state index in [1.54, 1.807) is 0 Å². The highest BCUT2D eigenvalue weighted by Gasteiger charge is 2.18. The molecule has 0 saturated carbocycles.